The molecule has 33 heavy (non-hydrogen) atoms. The molecule has 0 unspecified atom stereocenters. The van der Waals surface area contributed by atoms with Crippen molar-refractivity contribution in [3.8, 4) is 28.1 Å². The van der Waals surface area contributed by atoms with Gasteiger partial charge in [0.05, 0.1) is 24.1 Å². The summed E-state index contributed by atoms with van der Waals surface area (Å²) in [5, 5.41) is 0. The molecule has 8 heteroatoms. The minimum atomic E-state index is -0.00551. The number of ether oxygens (including phenoxy) is 1. The lowest BCUT2D eigenvalue weighted by Gasteiger charge is -2.34. The van der Waals surface area contributed by atoms with Gasteiger partial charge in [0.2, 0.25) is 0 Å². The van der Waals surface area contributed by atoms with E-state index in [9.17, 15) is 4.79 Å². The summed E-state index contributed by atoms with van der Waals surface area (Å²) in [4.78, 5) is 30.8. The van der Waals surface area contributed by atoms with Crippen molar-refractivity contribution in [1.29, 1.82) is 0 Å². The molecule has 2 N–H and O–H groups in total. The van der Waals surface area contributed by atoms with Crippen LogP contribution in [0, 0.1) is 0 Å². The van der Waals surface area contributed by atoms with Crippen LogP contribution in [0.15, 0.2) is 42.9 Å². The molecule has 3 heterocycles. The molecule has 1 fully saturated rings. The molecule has 0 spiro atoms. The molecular formula is C25H30N6O2. The van der Waals surface area contributed by atoms with Crippen LogP contribution in [0.5, 0.6) is 5.75 Å². The van der Waals surface area contributed by atoms with Crippen molar-refractivity contribution in [3.63, 3.8) is 0 Å². The van der Waals surface area contributed by atoms with Crippen molar-refractivity contribution in [2.24, 2.45) is 0 Å². The molecule has 172 valence electrons. The zero-order chi connectivity index (χ0) is 23.4. The second-order valence-electron chi connectivity index (χ2n) is 8.01. The van der Waals surface area contributed by atoms with Gasteiger partial charge >= 0.3 is 0 Å². The first-order valence-corrected chi connectivity index (χ1v) is 11.3. The Hall–Kier alpha value is -3.52. The average molecular weight is 447 g/mol. The number of hydrogen-bond donors (Lipinski definition) is 1. The van der Waals surface area contributed by atoms with Gasteiger partial charge in [-0.05, 0) is 37.2 Å². The van der Waals surface area contributed by atoms with Gasteiger partial charge in [0.1, 0.15) is 17.9 Å². The zero-order valence-corrected chi connectivity index (χ0v) is 19.4. The third-order valence-electron chi connectivity index (χ3n) is 6.15. The molecule has 1 amide bonds. The lowest BCUT2D eigenvalue weighted by Crippen LogP contribution is -2.48. The van der Waals surface area contributed by atoms with Crippen LogP contribution in [0.1, 0.15) is 29.9 Å². The Balaban J connectivity index is 1.71. The highest BCUT2D eigenvalue weighted by Gasteiger charge is 2.24. The maximum atomic E-state index is 13.2. The maximum Gasteiger partial charge on any atom is 0.257 e. The molecular weight excluding hydrogens is 416 g/mol. The number of carbonyl (C=O) groups excluding carboxylic acids is 1. The highest BCUT2D eigenvalue weighted by molar-refractivity contribution is 5.98. The van der Waals surface area contributed by atoms with Crippen LogP contribution in [0.3, 0.4) is 0 Å². The number of anilines is 1. The Bertz CT molecular complexity index is 1120. The molecule has 1 aromatic carbocycles. The van der Waals surface area contributed by atoms with E-state index < -0.39 is 0 Å². The second-order valence-corrected chi connectivity index (χ2v) is 8.01. The van der Waals surface area contributed by atoms with Crippen LogP contribution in [0.25, 0.3) is 22.4 Å². The molecule has 3 aromatic rings. The fourth-order valence-corrected chi connectivity index (χ4v) is 4.22. The topological polar surface area (TPSA) is 97.5 Å². The normalized spacial score (nSPS) is 14.3. The number of benzene rings is 1. The third kappa shape index (κ3) is 4.66. The lowest BCUT2D eigenvalue weighted by molar-refractivity contribution is 0.0640. The number of aromatic nitrogens is 3. The first kappa shape index (κ1) is 22.7. The largest absolute Gasteiger partial charge is 0.496 e. The molecule has 2 aromatic heterocycles. The number of hydrogen-bond acceptors (Lipinski definition) is 7. The zero-order valence-electron chi connectivity index (χ0n) is 19.4. The van der Waals surface area contributed by atoms with Gasteiger partial charge in [-0.3, -0.25) is 4.79 Å². The fraction of sp³-hybridized carbons (Fsp3) is 0.360. The van der Waals surface area contributed by atoms with Crippen LogP contribution in [0.4, 0.5) is 5.82 Å². The van der Waals surface area contributed by atoms with E-state index in [1.807, 2.05) is 29.2 Å². The smallest absolute Gasteiger partial charge is 0.257 e. The monoisotopic (exact) mass is 446 g/mol. The van der Waals surface area contributed by atoms with E-state index in [-0.39, 0.29) is 5.91 Å². The average Bonchev–Trinajstić information content (AvgIpc) is 2.88. The third-order valence-corrected chi connectivity index (χ3v) is 6.15. The standard InChI is InChI=1S/C25H30N6O2/c1-4-20-23(18-7-9-22(26)27-15-18)24(29-16-28-20)17-6-8-19(21(14-17)33-3)25(32)31-12-10-30(5-2)11-13-31/h6-9,14-16H,4-5,10-13H2,1-3H3,(H2,26,27). The maximum absolute atomic E-state index is 13.2. The number of methoxy groups -OCH3 is 1. The van der Waals surface area contributed by atoms with Crippen LogP contribution in [-0.2, 0) is 6.42 Å². The number of aryl methyl sites for hydroxylation is 1. The molecule has 0 saturated carbocycles. The summed E-state index contributed by atoms with van der Waals surface area (Å²) in [6.45, 7) is 8.43. The molecule has 0 radical (unpaired) electrons. The number of pyridine rings is 1. The van der Waals surface area contributed by atoms with E-state index in [2.05, 4.69) is 33.7 Å². The Morgan fingerprint density at radius 2 is 1.79 bits per heavy atom. The summed E-state index contributed by atoms with van der Waals surface area (Å²) < 4.78 is 5.65. The van der Waals surface area contributed by atoms with Crippen LogP contribution in [-0.4, -0.2) is 70.5 Å². The Morgan fingerprint density at radius 1 is 1.03 bits per heavy atom. The predicted molar refractivity (Wildman–Crippen MR) is 129 cm³/mol. The summed E-state index contributed by atoms with van der Waals surface area (Å²) in [6.07, 6.45) is 4.05. The van der Waals surface area contributed by atoms with Gasteiger partial charge in [-0.2, -0.15) is 0 Å². The van der Waals surface area contributed by atoms with Gasteiger partial charge < -0.3 is 20.3 Å². The van der Waals surface area contributed by atoms with E-state index in [0.717, 1.165) is 67.2 Å². The minimum Gasteiger partial charge on any atom is -0.496 e. The first-order chi connectivity index (χ1) is 16.0. The number of nitrogens with two attached hydrogens (primary N) is 1. The summed E-state index contributed by atoms with van der Waals surface area (Å²) >= 11 is 0. The molecule has 1 aliphatic heterocycles. The highest BCUT2D eigenvalue weighted by Crippen LogP contribution is 2.35. The van der Waals surface area contributed by atoms with E-state index in [0.29, 0.717) is 17.1 Å². The van der Waals surface area contributed by atoms with Crippen LogP contribution >= 0.6 is 0 Å². The van der Waals surface area contributed by atoms with E-state index in [1.165, 1.54) is 0 Å². The molecule has 1 saturated heterocycles. The van der Waals surface area contributed by atoms with E-state index in [1.54, 1.807) is 25.7 Å². The minimum absolute atomic E-state index is 0.00551. The Labute approximate surface area is 194 Å². The van der Waals surface area contributed by atoms with Crippen LogP contribution in [0.2, 0.25) is 0 Å². The highest BCUT2D eigenvalue weighted by atomic mass is 16.5. The van der Waals surface area contributed by atoms with Gasteiger partial charge in [0.15, 0.2) is 0 Å². The second kappa shape index (κ2) is 9.95. The number of piperazine rings is 1. The summed E-state index contributed by atoms with van der Waals surface area (Å²) in [7, 11) is 1.59. The SMILES string of the molecule is CCc1ncnc(-c2ccc(C(=O)N3CCN(CC)CC3)c(OC)c2)c1-c1ccc(N)nc1. The predicted octanol–water partition coefficient (Wildman–Crippen LogP) is 3.14. The van der Waals surface area contributed by atoms with Crippen LogP contribution < -0.4 is 10.5 Å². The number of carbonyl (C=O) groups is 1. The molecule has 0 bridgehead atoms. The van der Waals surface area contributed by atoms with E-state index >= 15 is 0 Å². The fourth-order valence-electron chi connectivity index (χ4n) is 4.22. The molecule has 4 rings (SSSR count). The summed E-state index contributed by atoms with van der Waals surface area (Å²) in [6, 6.07) is 9.34. The van der Waals surface area contributed by atoms with Crippen molar-refractivity contribution in [2.75, 3.05) is 45.6 Å². The van der Waals surface area contributed by atoms with Gasteiger partial charge in [0.25, 0.3) is 5.91 Å². The van der Waals surface area contributed by atoms with Crippen molar-refractivity contribution in [3.05, 3.63) is 54.1 Å². The van der Waals surface area contributed by atoms with Gasteiger partial charge in [-0.15, -0.1) is 0 Å². The quantitative estimate of drug-likeness (QED) is 0.621. The number of likely N-dealkylation sites (N-methyl/N-ethyl adjacent to an activating group) is 1. The molecule has 8 nitrogen and oxygen atoms in total. The first-order valence-electron chi connectivity index (χ1n) is 11.3. The van der Waals surface area contributed by atoms with Gasteiger partial charge in [0, 0.05) is 49.1 Å². The molecule has 0 aliphatic carbocycles. The Kier molecular flexibility index (Phi) is 6.84. The lowest BCUT2D eigenvalue weighted by atomic mass is 9.96. The molecule has 0 atom stereocenters. The van der Waals surface area contributed by atoms with Crippen molar-refractivity contribution in [1.82, 2.24) is 24.8 Å². The van der Waals surface area contributed by atoms with Crippen molar-refractivity contribution >= 4 is 11.7 Å². The van der Waals surface area contributed by atoms with Gasteiger partial charge in [-0.25, -0.2) is 15.0 Å². The van der Waals surface area contributed by atoms with E-state index in [4.69, 9.17) is 10.5 Å². The number of amides is 1. The Morgan fingerprint density at radius 3 is 2.42 bits per heavy atom. The number of nitrogens with zero attached hydrogens (tertiary/aromatic N) is 5. The summed E-state index contributed by atoms with van der Waals surface area (Å²) in [5.74, 6) is 0.988. The van der Waals surface area contributed by atoms with Gasteiger partial charge in [-0.1, -0.05) is 19.9 Å². The van der Waals surface area contributed by atoms with Crippen molar-refractivity contribution < 1.29 is 9.53 Å². The number of rotatable bonds is 6. The van der Waals surface area contributed by atoms with Crippen molar-refractivity contribution in [2.45, 2.75) is 20.3 Å². The molecule has 1 aliphatic rings. The summed E-state index contributed by atoms with van der Waals surface area (Å²) in [5.41, 5.74) is 10.7. The number of nitrogen functional groups attached to an aromatic ring is 1.